The van der Waals surface area contributed by atoms with Crippen LogP contribution in [0.5, 0.6) is 0 Å². The monoisotopic (exact) mass is 447 g/mol. The number of carbonyl (C=O) groups excluding carboxylic acids is 1. The van der Waals surface area contributed by atoms with E-state index < -0.39 is 5.37 Å². The first-order valence-corrected chi connectivity index (χ1v) is 10.8. The van der Waals surface area contributed by atoms with Crippen molar-refractivity contribution in [2.24, 2.45) is 7.05 Å². The van der Waals surface area contributed by atoms with Crippen LogP contribution in [0.3, 0.4) is 0 Å². The second kappa shape index (κ2) is 7.59. The third-order valence-electron chi connectivity index (χ3n) is 5.16. The molecule has 0 spiro atoms. The van der Waals surface area contributed by atoms with E-state index in [4.69, 9.17) is 23.2 Å². The van der Waals surface area contributed by atoms with Gasteiger partial charge < -0.3 is 0 Å². The minimum Gasteiger partial charge on any atom is -0.288 e. The molecule has 3 aromatic rings. The van der Waals surface area contributed by atoms with Crippen molar-refractivity contribution >= 4 is 46.6 Å². The number of anilines is 1. The Morgan fingerprint density at radius 1 is 0.966 bits per heavy atom. The number of thioether (sulfide) groups is 1. The summed E-state index contributed by atoms with van der Waals surface area (Å²) in [6, 6.07) is 14.6. The summed E-state index contributed by atoms with van der Waals surface area (Å²) in [6.07, 6.45) is 0. The molecule has 8 heteroatoms. The SMILES string of the molecule is Cc1c(N2C(=O)C(C)SC2c2c(Cl)cccc2Cl)c(=O)n(-c2ccccc2)n1C. The Bertz CT molecular complexity index is 1140. The summed E-state index contributed by atoms with van der Waals surface area (Å²) in [5.74, 6) is -0.137. The summed E-state index contributed by atoms with van der Waals surface area (Å²) >= 11 is 14.3. The number of halogens is 2. The van der Waals surface area contributed by atoms with E-state index in [1.165, 1.54) is 11.8 Å². The molecule has 1 aliphatic heterocycles. The number of hydrogen-bond donors (Lipinski definition) is 0. The lowest BCUT2D eigenvalue weighted by molar-refractivity contribution is -0.117. The Kier molecular flexibility index (Phi) is 5.27. The standard InChI is InChI=1S/C21H19Cl2N3O2S/c1-12-18(20(28)26(24(12)3)14-8-5-4-6-9-14)25-19(27)13(2)29-21(25)17-15(22)10-7-11-16(17)23/h4-11,13,21H,1-3H3. The number of benzene rings is 2. The third-order valence-corrected chi connectivity index (χ3v) is 7.14. The molecular formula is C21H19Cl2N3O2S. The fraction of sp³-hybridized carbons (Fsp3) is 0.238. The molecule has 2 heterocycles. The van der Waals surface area contributed by atoms with Crippen LogP contribution >= 0.6 is 35.0 Å². The van der Waals surface area contributed by atoms with Crippen molar-refractivity contribution in [2.75, 3.05) is 4.90 Å². The Morgan fingerprint density at radius 2 is 1.59 bits per heavy atom. The van der Waals surface area contributed by atoms with Gasteiger partial charge >= 0.3 is 0 Å². The fourth-order valence-electron chi connectivity index (χ4n) is 3.63. The first-order valence-electron chi connectivity index (χ1n) is 9.09. The molecule has 0 N–H and O–H groups in total. The minimum atomic E-state index is -0.475. The van der Waals surface area contributed by atoms with Gasteiger partial charge in [-0.2, -0.15) is 0 Å². The highest BCUT2D eigenvalue weighted by molar-refractivity contribution is 8.01. The summed E-state index contributed by atoms with van der Waals surface area (Å²) in [4.78, 5) is 28.2. The van der Waals surface area contributed by atoms with Gasteiger partial charge in [0.25, 0.3) is 5.56 Å². The lowest BCUT2D eigenvalue weighted by atomic mass is 10.1. The second-order valence-electron chi connectivity index (χ2n) is 6.88. The normalized spacial score (nSPS) is 19.2. The maximum atomic E-state index is 13.5. The Morgan fingerprint density at radius 3 is 2.21 bits per heavy atom. The van der Waals surface area contributed by atoms with E-state index >= 15 is 0 Å². The quantitative estimate of drug-likeness (QED) is 0.569. The number of hydrogen-bond acceptors (Lipinski definition) is 3. The van der Waals surface area contributed by atoms with Crippen molar-refractivity contribution in [2.45, 2.75) is 24.5 Å². The molecule has 1 aromatic heterocycles. The molecular weight excluding hydrogens is 429 g/mol. The highest BCUT2D eigenvalue weighted by Crippen LogP contribution is 2.49. The van der Waals surface area contributed by atoms with Gasteiger partial charge in [0, 0.05) is 22.7 Å². The molecule has 1 amide bonds. The van der Waals surface area contributed by atoms with Crippen LogP contribution < -0.4 is 10.5 Å². The number of carbonyl (C=O) groups is 1. The minimum absolute atomic E-state index is 0.137. The first kappa shape index (κ1) is 20.1. The van der Waals surface area contributed by atoms with Crippen LogP contribution in [-0.4, -0.2) is 20.5 Å². The molecule has 1 saturated heterocycles. The van der Waals surface area contributed by atoms with Crippen LogP contribution in [0.1, 0.15) is 23.6 Å². The molecule has 1 aliphatic rings. The summed E-state index contributed by atoms with van der Waals surface area (Å²) in [6.45, 7) is 3.67. The molecule has 0 radical (unpaired) electrons. The zero-order valence-electron chi connectivity index (χ0n) is 16.1. The Hall–Kier alpha value is -2.15. The topological polar surface area (TPSA) is 47.2 Å². The second-order valence-corrected chi connectivity index (χ2v) is 9.12. The van der Waals surface area contributed by atoms with E-state index in [0.717, 1.165) is 5.69 Å². The van der Waals surface area contributed by atoms with Crippen LogP contribution in [0.2, 0.25) is 10.0 Å². The maximum absolute atomic E-state index is 13.5. The van der Waals surface area contributed by atoms with E-state index in [2.05, 4.69) is 0 Å². The average molecular weight is 448 g/mol. The molecule has 0 bridgehead atoms. The third kappa shape index (κ3) is 3.19. The van der Waals surface area contributed by atoms with Crippen LogP contribution in [0.15, 0.2) is 53.3 Å². The highest BCUT2D eigenvalue weighted by atomic mass is 35.5. The van der Waals surface area contributed by atoms with Gasteiger partial charge in [0.1, 0.15) is 11.1 Å². The number of aromatic nitrogens is 2. The number of rotatable bonds is 3. The summed E-state index contributed by atoms with van der Waals surface area (Å²) in [7, 11) is 1.81. The zero-order chi connectivity index (χ0) is 20.9. The van der Waals surface area contributed by atoms with E-state index in [-0.39, 0.29) is 16.7 Å². The summed E-state index contributed by atoms with van der Waals surface area (Å²) < 4.78 is 3.33. The van der Waals surface area contributed by atoms with Gasteiger partial charge in [0.2, 0.25) is 5.91 Å². The highest BCUT2D eigenvalue weighted by Gasteiger charge is 2.44. The Balaban J connectivity index is 1.93. The van der Waals surface area contributed by atoms with Gasteiger partial charge in [0.05, 0.1) is 16.6 Å². The van der Waals surface area contributed by atoms with Crippen molar-refractivity contribution in [1.29, 1.82) is 0 Å². The molecule has 0 aliphatic carbocycles. The van der Waals surface area contributed by atoms with E-state index in [1.54, 1.807) is 32.5 Å². The van der Waals surface area contributed by atoms with Gasteiger partial charge in [-0.1, -0.05) is 47.5 Å². The van der Waals surface area contributed by atoms with Gasteiger partial charge in [-0.05, 0) is 38.1 Å². The molecule has 1 fully saturated rings. The van der Waals surface area contributed by atoms with Crippen molar-refractivity contribution in [1.82, 2.24) is 9.36 Å². The number of nitrogens with zero attached hydrogens (tertiary/aromatic N) is 3. The first-order chi connectivity index (χ1) is 13.8. The average Bonchev–Trinajstić information content (AvgIpc) is 3.09. The van der Waals surface area contributed by atoms with E-state index in [0.29, 0.717) is 27.0 Å². The van der Waals surface area contributed by atoms with E-state index in [9.17, 15) is 9.59 Å². The lowest BCUT2D eigenvalue weighted by Gasteiger charge is -2.24. The molecule has 0 saturated carbocycles. The zero-order valence-corrected chi connectivity index (χ0v) is 18.4. The van der Waals surface area contributed by atoms with Crippen LogP contribution in [0, 0.1) is 6.92 Å². The van der Waals surface area contributed by atoms with Crippen molar-refractivity contribution in [3.05, 3.63) is 80.2 Å². The van der Waals surface area contributed by atoms with Crippen molar-refractivity contribution < 1.29 is 4.79 Å². The van der Waals surface area contributed by atoms with Gasteiger partial charge in [-0.25, -0.2) is 4.68 Å². The maximum Gasteiger partial charge on any atom is 0.295 e. The molecule has 2 aromatic carbocycles. The summed E-state index contributed by atoms with van der Waals surface area (Å²) in [5.41, 5.74) is 2.16. The van der Waals surface area contributed by atoms with Gasteiger partial charge in [-0.3, -0.25) is 19.2 Å². The van der Waals surface area contributed by atoms with Gasteiger partial charge in [0.15, 0.2) is 0 Å². The predicted octanol–water partition coefficient (Wildman–Crippen LogP) is 4.96. The largest absolute Gasteiger partial charge is 0.295 e. The molecule has 4 rings (SSSR count). The smallest absolute Gasteiger partial charge is 0.288 e. The van der Waals surface area contributed by atoms with E-state index in [1.807, 2.05) is 51.2 Å². The molecule has 29 heavy (non-hydrogen) atoms. The lowest BCUT2D eigenvalue weighted by Crippen LogP contribution is -2.34. The van der Waals surface area contributed by atoms with Crippen molar-refractivity contribution in [3.63, 3.8) is 0 Å². The van der Waals surface area contributed by atoms with Crippen LogP contribution in [-0.2, 0) is 11.8 Å². The van der Waals surface area contributed by atoms with Crippen LogP contribution in [0.25, 0.3) is 5.69 Å². The number of para-hydroxylation sites is 1. The molecule has 2 unspecified atom stereocenters. The molecule has 150 valence electrons. The molecule has 5 nitrogen and oxygen atoms in total. The van der Waals surface area contributed by atoms with Gasteiger partial charge in [-0.15, -0.1) is 11.8 Å². The summed E-state index contributed by atoms with van der Waals surface area (Å²) in [5, 5.41) is 0.144. The van der Waals surface area contributed by atoms with Crippen LogP contribution in [0.4, 0.5) is 5.69 Å². The van der Waals surface area contributed by atoms with Crippen molar-refractivity contribution in [3.8, 4) is 5.69 Å². The predicted molar refractivity (Wildman–Crippen MR) is 119 cm³/mol. The Labute approximate surface area is 182 Å². The molecule has 2 atom stereocenters. The fourth-order valence-corrected chi connectivity index (χ4v) is 5.70. The number of amides is 1.